The van der Waals surface area contributed by atoms with Crippen LogP contribution in [0, 0.1) is 24.2 Å². The van der Waals surface area contributed by atoms with Gasteiger partial charge in [0.25, 0.3) is 5.91 Å². The van der Waals surface area contributed by atoms with Crippen molar-refractivity contribution in [2.75, 3.05) is 11.9 Å². The number of ketones is 1. The van der Waals surface area contributed by atoms with Crippen LogP contribution in [0.5, 0.6) is 5.75 Å². The SMILES string of the molecule is Cc1cc(SNC(=O)C(C)C)ccc1NC(=O)COc1ccc(Cl)cc1C(=O)c1cc(C#N)cc(C(F)(F)F)c1. The van der Waals surface area contributed by atoms with Crippen molar-refractivity contribution in [2.24, 2.45) is 5.92 Å². The molecule has 0 aliphatic carbocycles. The van der Waals surface area contributed by atoms with E-state index in [0.29, 0.717) is 17.8 Å². The first-order valence-corrected chi connectivity index (χ1v) is 12.9. The smallest absolute Gasteiger partial charge is 0.416 e. The van der Waals surface area contributed by atoms with E-state index >= 15 is 0 Å². The average molecular weight is 590 g/mol. The molecule has 3 aromatic rings. The summed E-state index contributed by atoms with van der Waals surface area (Å²) in [7, 11) is 0. The summed E-state index contributed by atoms with van der Waals surface area (Å²) in [6.07, 6.45) is -4.77. The maximum atomic E-state index is 13.3. The first-order chi connectivity index (χ1) is 18.8. The molecule has 12 heteroatoms. The molecule has 0 atom stereocenters. The number of carbonyl (C=O) groups excluding carboxylic acids is 3. The molecular weight excluding hydrogens is 567 g/mol. The summed E-state index contributed by atoms with van der Waals surface area (Å²) in [4.78, 5) is 38.3. The number of rotatable bonds is 9. The monoisotopic (exact) mass is 589 g/mol. The number of anilines is 1. The molecule has 0 aliphatic heterocycles. The summed E-state index contributed by atoms with van der Waals surface area (Å²) < 4.78 is 48.2. The maximum absolute atomic E-state index is 13.3. The van der Waals surface area contributed by atoms with Gasteiger partial charge >= 0.3 is 6.18 Å². The Balaban J connectivity index is 1.74. The molecule has 0 saturated carbocycles. The van der Waals surface area contributed by atoms with Crippen molar-refractivity contribution in [3.8, 4) is 11.8 Å². The van der Waals surface area contributed by atoms with E-state index in [1.165, 1.54) is 18.2 Å². The second-order valence-electron chi connectivity index (χ2n) is 8.91. The van der Waals surface area contributed by atoms with Crippen molar-refractivity contribution in [1.82, 2.24) is 4.72 Å². The lowest BCUT2D eigenvalue weighted by Gasteiger charge is -2.14. The van der Waals surface area contributed by atoms with Crippen LogP contribution in [0.15, 0.2) is 59.5 Å². The van der Waals surface area contributed by atoms with Crippen molar-refractivity contribution < 1.29 is 32.3 Å². The first kappa shape index (κ1) is 30.5. The Labute approximate surface area is 237 Å². The van der Waals surface area contributed by atoms with Crippen molar-refractivity contribution >= 4 is 46.8 Å². The molecular formula is C28H23ClF3N3O4S. The summed E-state index contributed by atoms with van der Waals surface area (Å²) in [5.41, 5.74) is -0.846. The molecule has 0 fully saturated rings. The van der Waals surface area contributed by atoms with Gasteiger partial charge in [-0.2, -0.15) is 18.4 Å². The Morgan fingerprint density at radius 3 is 2.42 bits per heavy atom. The van der Waals surface area contributed by atoms with Crippen molar-refractivity contribution in [3.05, 3.63) is 87.4 Å². The van der Waals surface area contributed by atoms with Gasteiger partial charge in [-0.15, -0.1) is 0 Å². The fourth-order valence-electron chi connectivity index (χ4n) is 3.34. The minimum Gasteiger partial charge on any atom is -0.483 e. The zero-order valence-electron chi connectivity index (χ0n) is 21.5. The third-order valence-corrected chi connectivity index (χ3v) is 6.49. The number of halogens is 4. The van der Waals surface area contributed by atoms with Crippen LogP contribution >= 0.6 is 23.5 Å². The Bertz CT molecular complexity index is 1500. The average Bonchev–Trinajstić information content (AvgIpc) is 2.91. The number of aryl methyl sites for hydroxylation is 1. The lowest BCUT2D eigenvalue weighted by molar-refractivity contribution is -0.137. The highest BCUT2D eigenvalue weighted by Crippen LogP contribution is 2.32. The van der Waals surface area contributed by atoms with Crippen LogP contribution in [0.4, 0.5) is 18.9 Å². The normalized spacial score (nSPS) is 11.1. The number of nitrogens with one attached hydrogen (secondary N) is 2. The van der Waals surface area contributed by atoms with E-state index in [2.05, 4.69) is 10.0 Å². The van der Waals surface area contributed by atoms with E-state index in [4.69, 9.17) is 21.6 Å². The number of nitriles is 1. The summed E-state index contributed by atoms with van der Waals surface area (Å²) in [5.74, 6) is -1.78. The van der Waals surface area contributed by atoms with Crippen molar-refractivity contribution in [1.29, 1.82) is 5.26 Å². The minimum absolute atomic E-state index is 0.0789. The fourth-order valence-corrected chi connectivity index (χ4v) is 4.34. The highest BCUT2D eigenvalue weighted by atomic mass is 35.5. The van der Waals surface area contributed by atoms with Gasteiger partial charge in [0.15, 0.2) is 12.4 Å². The quantitative estimate of drug-likeness (QED) is 0.216. The second kappa shape index (κ2) is 12.9. The molecule has 0 aromatic heterocycles. The molecule has 0 heterocycles. The van der Waals surface area contributed by atoms with E-state index in [0.717, 1.165) is 28.5 Å². The van der Waals surface area contributed by atoms with E-state index in [-0.39, 0.29) is 39.3 Å². The molecule has 3 rings (SSSR count). The van der Waals surface area contributed by atoms with Crippen LogP contribution in [0.25, 0.3) is 0 Å². The molecule has 0 saturated heterocycles. The predicted molar refractivity (Wildman–Crippen MR) is 145 cm³/mol. The fraction of sp³-hybridized carbons (Fsp3) is 0.214. The van der Waals surface area contributed by atoms with E-state index in [9.17, 15) is 27.6 Å². The molecule has 0 radical (unpaired) electrons. The molecule has 0 bridgehead atoms. The summed E-state index contributed by atoms with van der Waals surface area (Å²) in [6, 6.07) is 13.0. The topological polar surface area (TPSA) is 108 Å². The molecule has 40 heavy (non-hydrogen) atoms. The summed E-state index contributed by atoms with van der Waals surface area (Å²) in [5, 5.41) is 11.9. The lowest BCUT2D eigenvalue weighted by Crippen LogP contribution is -2.22. The summed E-state index contributed by atoms with van der Waals surface area (Å²) in [6.45, 7) is 4.81. The van der Waals surface area contributed by atoms with Gasteiger partial charge in [-0.1, -0.05) is 25.4 Å². The van der Waals surface area contributed by atoms with Gasteiger partial charge in [-0.3, -0.25) is 19.1 Å². The van der Waals surface area contributed by atoms with Crippen molar-refractivity contribution in [2.45, 2.75) is 31.8 Å². The van der Waals surface area contributed by atoms with Gasteiger partial charge in [0.1, 0.15) is 5.75 Å². The third kappa shape index (κ3) is 8.00. The third-order valence-electron chi connectivity index (χ3n) is 5.46. The highest BCUT2D eigenvalue weighted by molar-refractivity contribution is 7.98. The molecule has 208 valence electrons. The van der Waals surface area contributed by atoms with Gasteiger partial charge in [0.05, 0.1) is 22.8 Å². The van der Waals surface area contributed by atoms with Crippen LogP contribution in [0.1, 0.15) is 46.5 Å². The lowest BCUT2D eigenvalue weighted by atomic mass is 9.98. The maximum Gasteiger partial charge on any atom is 0.416 e. The van der Waals surface area contributed by atoms with Gasteiger partial charge < -0.3 is 10.1 Å². The van der Waals surface area contributed by atoms with Crippen LogP contribution in [0.3, 0.4) is 0 Å². The Kier molecular flexibility index (Phi) is 9.84. The van der Waals surface area contributed by atoms with E-state index in [1.54, 1.807) is 45.0 Å². The molecule has 2 amide bonds. The largest absolute Gasteiger partial charge is 0.483 e. The molecule has 0 spiro atoms. The Morgan fingerprint density at radius 2 is 1.80 bits per heavy atom. The number of hydrogen-bond acceptors (Lipinski definition) is 6. The molecule has 2 N–H and O–H groups in total. The Hall–Kier alpha value is -4.01. The van der Waals surface area contributed by atoms with E-state index < -0.39 is 30.0 Å². The highest BCUT2D eigenvalue weighted by Gasteiger charge is 2.32. The van der Waals surface area contributed by atoms with Crippen LogP contribution in [0.2, 0.25) is 5.02 Å². The van der Waals surface area contributed by atoms with Crippen LogP contribution < -0.4 is 14.8 Å². The molecule has 0 unspecified atom stereocenters. The Morgan fingerprint density at radius 1 is 1.07 bits per heavy atom. The number of amides is 2. The van der Waals surface area contributed by atoms with Crippen LogP contribution in [-0.2, 0) is 15.8 Å². The van der Waals surface area contributed by atoms with Crippen molar-refractivity contribution in [3.63, 3.8) is 0 Å². The van der Waals surface area contributed by atoms with Crippen LogP contribution in [-0.4, -0.2) is 24.2 Å². The van der Waals surface area contributed by atoms with Gasteiger partial charge in [0, 0.05) is 27.1 Å². The number of carbonyl (C=O) groups is 3. The van der Waals surface area contributed by atoms with Gasteiger partial charge in [-0.05, 0) is 79.0 Å². The number of alkyl halides is 3. The molecule has 3 aromatic carbocycles. The number of benzene rings is 3. The molecule has 0 aliphatic rings. The zero-order chi connectivity index (χ0) is 29.6. The van der Waals surface area contributed by atoms with Gasteiger partial charge in [-0.25, -0.2) is 0 Å². The number of hydrogen-bond donors (Lipinski definition) is 2. The minimum atomic E-state index is -4.77. The standard InChI is InChI=1S/C28H23ClF3N3O4S/c1-15(2)27(38)35-40-21-5-6-23(16(3)8-21)34-25(36)14-39-24-7-4-20(29)12-22(24)26(37)18-9-17(13-33)10-19(11-18)28(30,31)32/h4-12,15H,14H2,1-3H3,(H,34,36)(H,35,38). The second-order valence-corrected chi connectivity index (χ2v) is 10.2. The summed E-state index contributed by atoms with van der Waals surface area (Å²) >= 11 is 7.18. The number of nitrogens with zero attached hydrogens (tertiary/aromatic N) is 1. The molecule has 7 nitrogen and oxygen atoms in total. The first-order valence-electron chi connectivity index (χ1n) is 11.7. The number of ether oxygens (including phenoxy) is 1. The predicted octanol–water partition coefficient (Wildman–Crippen LogP) is 6.57. The zero-order valence-corrected chi connectivity index (χ0v) is 23.1. The van der Waals surface area contributed by atoms with Gasteiger partial charge in [0.2, 0.25) is 5.91 Å². The van der Waals surface area contributed by atoms with E-state index in [1.807, 2.05) is 0 Å².